The van der Waals surface area contributed by atoms with Gasteiger partial charge in [0.25, 0.3) is 0 Å². The van der Waals surface area contributed by atoms with Crippen molar-refractivity contribution in [3.05, 3.63) is 206 Å². The fraction of sp³-hybridized carbons (Fsp3) is 0.0189. The van der Waals surface area contributed by atoms with Crippen LogP contribution in [0.2, 0.25) is 0 Å². The van der Waals surface area contributed by atoms with Crippen molar-refractivity contribution in [2.45, 2.75) is 0 Å². The van der Waals surface area contributed by atoms with E-state index >= 15 is 0 Å². The molecule has 56 heavy (non-hydrogen) atoms. The summed E-state index contributed by atoms with van der Waals surface area (Å²) < 4.78 is 6.32. The highest BCUT2D eigenvalue weighted by atomic mass is 16.3. The molecule has 0 spiro atoms. The van der Waals surface area contributed by atoms with Gasteiger partial charge in [-0.05, 0) is 97.4 Å². The van der Waals surface area contributed by atoms with Crippen molar-refractivity contribution in [1.29, 1.82) is 0 Å². The van der Waals surface area contributed by atoms with E-state index in [-0.39, 0.29) is 0 Å². The quantitative estimate of drug-likeness (QED) is 0.186. The Kier molecular flexibility index (Phi) is 7.56. The highest BCUT2D eigenvalue weighted by molar-refractivity contribution is 6.09. The van der Waals surface area contributed by atoms with E-state index in [1.165, 1.54) is 54.9 Å². The molecular weight excluding hydrogens is 681 g/mol. The second-order valence-electron chi connectivity index (χ2n) is 14.5. The SMILES string of the molecule is C1=C(N(c2ccc(-c3cccc4ccccc34)cc2)c2ccc(-c3c(-c4ccccc4)ccc4ccccc34)cc2)c2cc3c(cc2NC1)oc1ccccc13. The topological polar surface area (TPSA) is 28.4 Å². The lowest BCUT2D eigenvalue weighted by atomic mass is 9.89. The Morgan fingerprint density at radius 1 is 0.411 bits per heavy atom. The van der Waals surface area contributed by atoms with E-state index in [0.29, 0.717) is 6.54 Å². The van der Waals surface area contributed by atoms with Gasteiger partial charge in [0.05, 0.1) is 5.70 Å². The molecule has 3 nitrogen and oxygen atoms in total. The Labute approximate surface area is 325 Å². The number of fused-ring (bicyclic) bond motifs is 6. The number of para-hydroxylation sites is 1. The maximum absolute atomic E-state index is 6.32. The number of furan rings is 1. The average molecular weight is 717 g/mol. The Morgan fingerprint density at radius 3 is 1.82 bits per heavy atom. The zero-order valence-corrected chi connectivity index (χ0v) is 30.6. The molecule has 1 N–H and O–H groups in total. The third-order valence-corrected chi connectivity index (χ3v) is 11.3. The minimum Gasteiger partial charge on any atom is -0.456 e. The monoisotopic (exact) mass is 716 g/mol. The Bertz CT molecular complexity index is 3120. The molecule has 0 bridgehead atoms. The molecule has 0 saturated heterocycles. The molecule has 0 atom stereocenters. The molecule has 0 aliphatic carbocycles. The van der Waals surface area contributed by atoms with Crippen molar-refractivity contribution in [2.24, 2.45) is 0 Å². The van der Waals surface area contributed by atoms with Gasteiger partial charge in [0.1, 0.15) is 11.2 Å². The normalized spacial score (nSPS) is 12.5. The number of hydrogen-bond acceptors (Lipinski definition) is 3. The summed E-state index contributed by atoms with van der Waals surface area (Å²) >= 11 is 0. The van der Waals surface area contributed by atoms with Crippen molar-refractivity contribution >= 4 is 66.2 Å². The first kappa shape index (κ1) is 32.1. The smallest absolute Gasteiger partial charge is 0.137 e. The van der Waals surface area contributed by atoms with Crippen LogP contribution in [0.3, 0.4) is 0 Å². The van der Waals surface area contributed by atoms with E-state index in [4.69, 9.17) is 4.42 Å². The van der Waals surface area contributed by atoms with Crippen LogP contribution in [-0.4, -0.2) is 6.54 Å². The van der Waals surface area contributed by atoms with E-state index in [1.807, 2.05) is 12.1 Å². The highest BCUT2D eigenvalue weighted by Crippen LogP contribution is 2.44. The summed E-state index contributed by atoms with van der Waals surface area (Å²) in [4.78, 5) is 2.41. The summed E-state index contributed by atoms with van der Waals surface area (Å²) in [6, 6.07) is 70.0. The first-order valence-electron chi connectivity index (χ1n) is 19.2. The molecule has 0 amide bonds. The van der Waals surface area contributed by atoms with Crippen LogP contribution in [0.1, 0.15) is 5.56 Å². The standard InChI is InChI=1S/C53H36N2O/c1-2-11-36(12-3-1)45-30-25-37-14-5-7-17-44(37)53(45)39-23-28-41(29-24-39)55(40-26-21-38(22-27-40)43-19-10-15-35-13-4-6-16-42(35)43)50-31-32-54-49-34-52-47(33-48(49)50)46-18-8-9-20-51(46)56-52/h1-31,33-34,54H,32H2. The van der Waals surface area contributed by atoms with E-state index in [0.717, 1.165) is 50.3 Å². The number of benzene rings is 9. The van der Waals surface area contributed by atoms with Crippen LogP contribution in [0.4, 0.5) is 17.1 Å². The fourth-order valence-corrected chi connectivity index (χ4v) is 8.62. The van der Waals surface area contributed by atoms with Crippen molar-refractivity contribution in [3.8, 4) is 33.4 Å². The molecule has 11 rings (SSSR count). The number of hydrogen-bond donors (Lipinski definition) is 1. The van der Waals surface area contributed by atoms with Gasteiger partial charge in [-0.2, -0.15) is 0 Å². The average Bonchev–Trinajstić information content (AvgIpc) is 3.63. The molecule has 264 valence electrons. The predicted octanol–water partition coefficient (Wildman–Crippen LogP) is 14.5. The Balaban J connectivity index is 1.07. The van der Waals surface area contributed by atoms with Crippen molar-refractivity contribution in [1.82, 2.24) is 0 Å². The zero-order valence-electron chi connectivity index (χ0n) is 30.6. The summed E-state index contributed by atoms with van der Waals surface area (Å²) in [5.41, 5.74) is 14.6. The molecule has 3 heteroatoms. The molecule has 2 heterocycles. The lowest BCUT2D eigenvalue weighted by Crippen LogP contribution is -2.20. The van der Waals surface area contributed by atoms with Gasteiger partial charge < -0.3 is 14.6 Å². The minimum absolute atomic E-state index is 0.702. The van der Waals surface area contributed by atoms with Gasteiger partial charge in [-0.3, -0.25) is 0 Å². The largest absolute Gasteiger partial charge is 0.456 e. The van der Waals surface area contributed by atoms with Crippen molar-refractivity contribution in [3.63, 3.8) is 0 Å². The second kappa shape index (κ2) is 13.2. The molecule has 1 aliphatic rings. The van der Waals surface area contributed by atoms with Gasteiger partial charge in [0.2, 0.25) is 0 Å². The van der Waals surface area contributed by atoms with Gasteiger partial charge in [-0.25, -0.2) is 0 Å². The molecule has 10 aromatic rings. The Hall–Kier alpha value is -7.36. The molecule has 1 aromatic heterocycles. The number of anilines is 3. The van der Waals surface area contributed by atoms with Gasteiger partial charge in [-0.1, -0.05) is 152 Å². The zero-order chi connectivity index (χ0) is 37.0. The van der Waals surface area contributed by atoms with Crippen LogP contribution in [-0.2, 0) is 0 Å². The van der Waals surface area contributed by atoms with Crippen LogP contribution < -0.4 is 10.2 Å². The van der Waals surface area contributed by atoms with E-state index < -0.39 is 0 Å². The summed E-state index contributed by atoms with van der Waals surface area (Å²) in [6.45, 7) is 0.702. The van der Waals surface area contributed by atoms with Crippen molar-refractivity contribution in [2.75, 3.05) is 16.8 Å². The van der Waals surface area contributed by atoms with Crippen LogP contribution in [0.15, 0.2) is 205 Å². The Morgan fingerprint density at radius 2 is 1.04 bits per heavy atom. The summed E-state index contributed by atoms with van der Waals surface area (Å²) in [6.07, 6.45) is 2.31. The number of nitrogens with one attached hydrogen (secondary N) is 1. The van der Waals surface area contributed by atoms with Gasteiger partial charge >= 0.3 is 0 Å². The molecule has 0 unspecified atom stereocenters. The maximum atomic E-state index is 6.32. The van der Waals surface area contributed by atoms with Crippen molar-refractivity contribution < 1.29 is 4.42 Å². The van der Waals surface area contributed by atoms with Crippen LogP contribution in [0.25, 0.3) is 82.6 Å². The second-order valence-corrected chi connectivity index (χ2v) is 14.5. The first-order chi connectivity index (χ1) is 27.8. The van der Waals surface area contributed by atoms with Crippen LogP contribution in [0, 0.1) is 0 Å². The van der Waals surface area contributed by atoms with Gasteiger partial charge in [0, 0.05) is 46.0 Å². The summed E-state index contributed by atoms with van der Waals surface area (Å²) in [5.74, 6) is 0. The third kappa shape index (κ3) is 5.36. The highest BCUT2D eigenvalue weighted by Gasteiger charge is 2.24. The fourth-order valence-electron chi connectivity index (χ4n) is 8.62. The molecule has 0 saturated carbocycles. The summed E-state index contributed by atoms with van der Waals surface area (Å²) in [5, 5.41) is 10.8. The number of nitrogens with zero attached hydrogens (tertiary/aromatic N) is 1. The first-order valence-corrected chi connectivity index (χ1v) is 19.2. The van der Waals surface area contributed by atoms with E-state index in [2.05, 4.69) is 198 Å². The lowest BCUT2D eigenvalue weighted by Gasteiger charge is -2.32. The molecule has 0 fully saturated rings. The predicted molar refractivity (Wildman–Crippen MR) is 237 cm³/mol. The van der Waals surface area contributed by atoms with Crippen LogP contribution >= 0.6 is 0 Å². The molecule has 0 radical (unpaired) electrons. The number of rotatable bonds is 6. The molecular formula is C53H36N2O. The maximum Gasteiger partial charge on any atom is 0.137 e. The molecule has 1 aliphatic heterocycles. The van der Waals surface area contributed by atoms with E-state index in [9.17, 15) is 0 Å². The minimum atomic E-state index is 0.702. The van der Waals surface area contributed by atoms with Crippen LogP contribution in [0.5, 0.6) is 0 Å². The third-order valence-electron chi connectivity index (χ3n) is 11.3. The lowest BCUT2D eigenvalue weighted by molar-refractivity contribution is 0.669. The molecule has 9 aromatic carbocycles. The van der Waals surface area contributed by atoms with E-state index in [1.54, 1.807) is 0 Å². The van der Waals surface area contributed by atoms with Gasteiger partial charge in [0.15, 0.2) is 0 Å². The van der Waals surface area contributed by atoms with Gasteiger partial charge in [-0.15, -0.1) is 0 Å². The summed E-state index contributed by atoms with van der Waals surface area (Å²) in [7, 11) is 0.